The summed E-state index contributed by atoms with van der Waals surface area (Å²) in [6.45, 7) is 1.45. The third-order valence-electron chi connectivity index (χ3n) is 3.10. The molecule has 1 atom stereocenters. The lowest BCUT2D eigenvalue weighted by atomic mass is 10.0. The van der Waals surface area contributed by atoms with Crippen molar-refractivity contribution < 1.29 is 4.74 Å². The highest BCUT2D eigenvalue weighted by Gasteiger charge is 2.09. The Labute approximate surface area is 137 Å². The van der Waals surface area contributed by atoms with E-state index in [9.17, 15) is 0 Å². The molecule has 2 aromatic rings. The molecule has 0 N–H and O–H groups in total. The Bertz CT molecular complexity index is 513. The predicted octanol–water partition coefficient (Wildman–Crippen LogP) is 5.22. The van der Waals surface area contributed by atoms with Gasteiger partial charge in [-0.15, -0.1) is 0 Å². The highest BCUT2D eigenvalue weighted by atomic mass is 79.9. The number of alkyl halides is 1. The number of benzene rings is 2. The summed E-state index contributed by atoms with van der Waals surface area (Å²) >= 11 is 7.10. The van der Waals surface area contributed by atoms with Crippen molar-refractivity contribution in [3.63, 3.8) is 0 Å². The van der Waals surface area contributed by atoms with Crippen molar-refractivity contribution in [2.24, 2.45) is 5.92 Å². The molecule has 0 fully saturated rings. The van der Waals surface area contributed by atoms with Crippen molar-refractivity contribution in [1.29, 1.82) is 0 Å². The minimum absolute atomic E-state index is 0.494. The summed E-state index contributed by atoms with van der Waals surface area (Å²) in [6.07, 6.45) is 1.03. The molecule has 20 heavy (non-hydrogen) atoms. The zero-order valence-corrected chi connectivity index (χ0v) is 14.4. The molecular formula is C17H18Br2O. The first-order valence-electron chi connectivity index (χ1n) is 6.70. The summed E-state index contributed by atoms with van der Waals surface area (Å²) in [5.41, 5.74) is 2.57. The van der Waals surface area contributed by atoms with Gasteiger partial charge in [-0.3, -0.25) is 0 Å². The second-order valence-corrected chi connectivity index (χ2v) is 6.42. The Kier molecular flexibility index (Phi) is 6.77. The van der Waals surface area contributed by atoms with E-state index in [0.717, 1.165) is 22.8 Å². The van der Waals surface area contributed by atoms with E-state index in [2.05, 4.69) is 68.3 Å². The topological polar surface area (TPSA) is 9.23 Å². The van der Waals surface area contributed by atoms with Crippen molar-refractivity contribution in [2.75, 3.05) is 11.9 Å². The summed E-state index contributed by atoms with van der Waals surface area (Å²) in [6, 6.07) is 18.8. The molecule has 0 aliphatic carbocycles. The van der Waals surface area contributed by atoms with E-state index in [0.29, 0.717) is 12.5 Å². The lowest BCUT2D eigenvalue weighted by molar-refractivity contribution is 0.0938. The van der Waals surface area contributed by atoms with E-state index in [4.69, 9.17) is 4.74 Å². The van der Waals surface area contributed by atoms with Gasteiger partial charge in [0.1, 0.15) is 0 Å². The Morgan fingerprint density at radius 1 is 0.950 bits per heavy atom. The SMILES string of the molecule is BrCC(COCc1ccccc1)Cc1cccc(Br)c1. The number of hydrogen-bond donors (Lipinski definition) is 0. The Morgan fingerprint density at radius 3 is 2.40 bits per heavy atom. The molecule has 1 nitrogen and oxygen atoms in total. The van der Waals surface area contributed by atoms with Gasteiger partial charge in [0, 0.05) is 9.80 Å². The molecular weight excluding hydrogens is 380 g/mol. The molecule has 0 aromatic heterocycles. The van der Waals surface area contributed by atoms with Crippen molar-refractivity contribution >= 4 is 31.9 Å². The largest absolute Gasteiger partial charge is 0.376 e. The van der Waals surface area contributed by atoms with Crippen LogP contribution in [0.3, 0.4) is 0 Å². The van der Waals surface area contributed by atoms with Crippen molar-refractivity contribution in [3.8, 4) is 0 Å². The molecule has 0 saturated heterocycles. The van der Waals surface area contributed by atoms with Crippen LogP contribution in [0, 0.1) is 5.92 Å². The molecule has 3 heteroatoms. The van der Waals surface area contributed by atoms with Gasteiger partial charge in [0.05, 0.1) is 13.2 Å². The van der Waals surface area contributed by atoms with Gasteiger partial charge in [-0.2, -0.15) is 0 Å². The summed E-state index contributed by atoms with van der Waals surface area (Å²) in [5.74, 6) is 0.494. The van der Waals surface area contributed by atoms with Crippen molar-refractivity contribution in [2.45, 2.75) is 13.0 Å². The molecule has 0 aliphatic heterocycles. The third kappa shape index (κ3) is 5.39. The normalized spacial score (nSPS) is 12.3. The highest BCUT2D eigenvalue weighted by Crippen LogP contribution is 2.17. The average Bonchev–Trinajstić information content (AvgIpc) is 2.47. The zero-order valence-electron chi connectivity index (χ0n) is 11.3. The molecule has 0 radical (unpaired) electrons. The van der Waals surface area contributed by atoms with E-state index in [1.165, 1.54) is 11.1 Å². The average molecular weight is 398 g/mol. The fourth-order valence-electron chi connectivity index (χ4n) is 2.07. The fraction of sp³-hybridized carbons (Fsp3) is 0.294. The summed E-state index contributed by atoms with van der Waals surface area (Å²) in [4.78, 5) is 0. The quantitative estimate of drug-likeness (QED) is 0.582. The lowest BCUT2D eigenvalue weighted by Crippen LogP contribution is -2.14. The Morgan fingerprint density at radius 2 is 1.70 bits per heavy atom. The van der Waals surface area contributed by atoms with Gasteiger partial charge >= 0.3 is 0 Å². The molecule has 0 amide bonds. The maximum absolute atomic E-state index is 5.83. The van der Waals surface area contributed by atoms with Crippen LogP contribution >= 0.6 is 31.9 Å². The molecule has 2 aromatic carbocycles. The molecule has 2 rings (SSSR count). The van der Waals surface area contributed by atoms with Gasteiger partial charge in [0.25, 0.3) is 0 Å². The summed E-state index contributed by atoms with van der Waals surface area (Å²) in [7, 11) is 0. The van der Waals surface area contributed by atoms with Crippen LogP contribution in [0.15, 0.2) is 59.1 Å². The maximum Gasteiger partial charge on any atom is 0.0717 e. The van der Waals surface area contributed by atoms with Gasteiger partial charge in [0.15, 0.2) is 0 Å². The molecule has 0 saturated carbocycles. The lowest BCUT2D eigenvalue weighted by Gasteiger charge is -2.15. The second-order valence-electron chi connectivity index (χ2n) is 4.86. The Balaban J connectivity index is 1.80. The highest BCUT2D eigenvalue weighted by molar-refractivity contribution is 9.10. The number of hydrogen-bond acceptors (Lipinski definition) is 1. The molecule has 0 aliphatic rings. The number of rotatable bonds is 7. The van der Waals surface area contributed by atoms with Gasteiger partial charge in [0.2, 0.25) is 0 Å². The van der Waals surface area contributed by atoms with Crippen LogP contribution in [0.1, 0.15) is 11.1 Å². The minimum Gasteiger partial charge on any atom is -0.376 e. The first-order chi connectivity index (χ1) is 9.78. The first-order valence-corrected chi connectivity index (χ1v) is 8.61. The first kappa shape index (κ1) is 15.7. The molecule has 0 bridgehead atoms. The molecule has 1 unspecified atom stereocenters. The van der Waals surface area contributed by atoms with E-state index in [-0.39, 0.29) is 0 Å². The van der Waals surface area contributed by atoms with Crippen LogP contribution in [0.25, 0.3) is 0 Å². The summed E-state index contributed by atoms with van der Waals surface area (Å²) in [5, 5.41) is 0.953. The predicted molar refractivity (Wildman–Crippen MR) is 91.2 cm³/mol. The number of halogens is 2. The van der Waals surface area contributed by atoms with Crippen molar-refractivity contribution in [1.82, 2.24) is 0 Å². The van der Waals surface area contributed by atoms with Crippen LogP contribution < -0.4 is 0 Å². The molecule has 0 spiro atoms. The summed E-state index contributed by atoms with van der Waals surface area (Å²) < 4.78 is 6.97. The van der Waals surface area contributed by atoms with E-state index in [1.807, 2.05) is 18.2 Å². The Hall–Kier alpha value is -0.640. The van der Waals surface area contributed by atoms with Crippen LogP contribution in [0.2, 0.25) is 0 Å². The smallest absolute Gasteiger partial charge is 0.0717 e. The van der Waals surface area contributed by atoms with Gasteiger partial charge in [-0.1, -0.05) is 74.3 Å². The zero-order chi connectivity index (χ0) is 14.2. The van der Waals surface area contributed by atoms with Gasteiger partial charge < -0.3 is 4.74 Å². The number of ether oxygens (including phenoxy) is 1. The van der Waals surface area contributed by atoms with Crippen LogP contribution in [-0.4, -0.2) is 11.9 Å². The minimum atomic E-state index is 0.494. The van der Waals surface area contributed by atoms with Crippen LogP contribution in [-0.2, 0) is 17.8 Å². The van der Waals surface area contributed by atoms with Gasteiger partial charge in [-0.05, 0) is 35.6 Å². The monoisotopic (exact) mass is 396 g/mol. The van der Waals surface area contributed by atoms with Crippen LogP contribution in [0.5, 0.6) is 0 Å². The van der Waals surface area contributed by atoms with E-state index >= 15 is 0 Å². The van der Waals surface area contributed by atoms with E-state index < -0.39 is 0 Å². The van der Waals surface area contributed by atoms with Crippen molar-refractivity contribution in [3.05, 3.63) is 70.2 Å². The molecule has 106 valence electrons. The van der Waals surface area contributed by atoms with E-state index in [1.54, 1.807) is 0 Å². The molecule has 0 heterocycles. The third-order valence-corrected chi connectivity index (χ3v) is 4.51. The van der Waals surface area contributed by atoms with Gasteiger partial charge in [-0.25, -0.2) is 0 Å². The van der Waals surface area contributed by atoms with Crippen LogP contribution in [0.4, 0.5) is 0 Å². The fourth-order valence-corrected chi connectivity index (χ4v) is 2.94. The maximum atomic E-state index is 5.83. The second kappa shape index (κ2) is 8.60. The standard InChI is InChI=1S/C17H18Br2O/c18-11-16(9-15-7-4-8-17(19)10-15)13-20-12-14-5-2-1-3-6-14/h1-8,10,16H,9,11-13H2.